The van der Waals surface area contributed by atoms with E-state index in [4.69, 9.17) is 9.47 Å². The molecule has 0 radical (unpaired) electrons. The van der Waals surface area contributed by atoms with Crippen LogP contribution in [0.1, 0.15) is 13.8 Å². The average Bonchev–Trinajstić information content (AvgIpc) is 2.69. The molecule has 1 saturated heterocycles. The van der Waals surface area contributed by atoms with E-state index in [1.54, 1.807) is 0 Å². The second-order valence-electron chi connectivity index (χ2n) is 5.07. The highest BCUT2D eigenvalue weighted by atomic mass is 16.5. The van der Waals surface area contributed by atoms with Crippen LogP contribution in [0.4, 0.5) is 0 Å². The fourth-order valence-electron chi connectivity index (χ4n) is 2.85. The highest BCUT2D eigenvalue weighted by Crippen LogP contribution is 2.42. The van der Waals surface area contributed by atoms with Crippen LogP contribution < -0.4 is 0 Å². The fraction of sp³-hybridized carbons (Fsp3) is 0.692. The van der Waals surface area contributed by atoms with Gasteiger partial charge in [-0.1, -0.05) is 26.0 Å². The van der Waals surface area contributed by atoms with E-state index < -0.39 is 5.92 Å². The van der Waals surface area contributed by atoms with Crippen LogP contribution >= 0.6 is 0 Å². The molecule has 0 aromatic heterocycles. The van der Waals surface area contributed by atoms with Crippen molar-refractivity contribution in [1.29, 1.82) is 0 Å². The predicted octanol–water partition coefficient (Wildman–Crippen LogP) is 1.41. The Hall–Kier alpha value is -1.32. The fourth-order valence-corrected chi connectivity index (χ4v) is 2.85. The summed E-state index contributed by atoms with van der Waals surface area (Å²) in [5, 5.41) is 0. The number of rotatable bonds is 2. The maximum atomic E-state index is 11.9. The van der Waals surface area contributed by atoms with Gasteiger partial charge in [0.15, 0.2) is 0 Å². The Morgan fingerprint density at radius 1 is 1.47 bits per heavy atom. The summed E-state index contributed by atoms with van der Waals surface area (Å²) in [7, 11) is 1.37. The minimum Gasteiger partial charge on any atom is -0.469 e. The van der Waals surface area contributed by atoms with Gasteiger partial charge in [0.05, 0.1) is 25.6 Å². The lowest BCUT2D eigenvalue weighted by Crippen LogP contribution is -2.40. The summed E-state index contributed by atoms with van der Waals surface area (Å²) in [5.41, 5.74) is 0. The van der Waals surface area contributed by atoms with Crippen molar-refractivity contribution in [3.8, 4) is 0 Å². The molecule has 0 aromatic rings. The van der Waals surface area contributed by atoms with Gasteiger partial charge in [-0.15, -0.1) is 0 Å². The minimum absolute atomic E-state index is 0.0293. The van der Waals surface area contributed by atoms with Crippen molar-refractivity contribution < 1.29 is 19.1 Å². The van der Waals surface area contributed by atoms with Crippen LogP contribution in [0, 0.1) is 29.6 Å². The molecular formula is C13H18O4. The summed E-state index contributed by atoms with van der Waals surface area (Å²) in [5.74, 6) is -0.951. The maximum Gasteiger partial charge on any atom is 0.310 e. The normalized spacial score (nSPS) is 35.6. The zero-order valence-corrected chi connectivity index (χ0v) is 10.4. The molecule has 0 spiro atoms. The smallest absolute Gasteiger partial charge is 0.310 e. The summed E-state index contributed by atoms with van der Waals surface area (Å²) in [6.45, 7) is 4.48. The van der Waals surface area contributed by atoms with E-state index in [2.05, 4.69) is 0 Å². The first kappa shape index (κ1) is 12.1. The lowest BCUT2D eigenvalue weighted by atomic mass is 9.68. The molecule has 2 rings (SSSR count). The first-order valence-corrected chi connectivity index (χ1v) is 5.99. The molecule has 17 heavy (non-hydrogen) atoms. The molecule has 2 aliphatic rings. The van der Waals surface area contributed by atoms with Crippen LogP contribution in [0.3, 0.4) is 0 Å². The van der Waals surface area contributed by atoms with E-state index in [1.807, 2.05) is 26.0 Å². The lowest BCUT2D eigenvalue weighted by molar-refractivity contribution is -0.156. The highest BCUT2D eigenvalue weighted by molar-refractivity contribution is 5.84. The van der Waals surface area contributed by atoms with Crippen LogP contribution in [-0.2, 0) is 19.1 Å². The van der Waals surface area contributed by atoms with Crippen LogP contribution in [0.15, 0.2) is 12.2 Å². The molecule has 0 saturated carbocycles. The van der Waals surface area contributed by atoms with Gasteiger partial charge in [0.2, 0.25) is 0 Å². The number of ether oxygens (including phenoxy) is 2. The van der Waals surface area contributed by atoms with Crippen molar-refractivity contribution in [2.24, 2.45) is 29.6 Å². The van der Waals surface area contributed by atoms with Gasteiger partial charge in [0, 0.05) is 5.92 Å². The van der Waals surface area contributed by atoms with E-state index in [9.17, 15) is 9.59 Å². The second kappa shape index (κ2) is 4.51. The largest absolute Gasteiger partial charge is 0.469 e. The molecule has 94 valence electrons. The molecule has 4 atom stereocenters. The van der Waals surface area contributed by atoms with Gasteiger partial charge in [0.1, 0.15) is 0 Å². The highest BCUT2D eigenvalue weighted by Gasteiger charge is 2.50. The van der Waals surface area contributed by atoms with Crippen molar-refractivity contribution in [2.45, 2.75) is 13.8 Å². The van der Waals surface area contributed by atoms with Gasteiger partial charge >= 0.3 is 11.9 Å². The Labute approximate surface area is 101 Å². The van der Waals surface area contributed by atoms with Gasteiger partial charge in [-0.25, -0.2) is 0 Å². The van der Waals surface area contributed by atoms with Gasteiger partial charge < -0.3 is 9.47 Å². The van der Waals surface area contributed by atoms with Crippen LogP contribution in [0.5, 0.6) is 0 Å². The molecule has 1 aliphatic carbocycles. The zero-order valence-electron chi connectivity index (χ0n) is 10.4. The minimum atomic E-state index is -0.398. The Balaban J connectivity index is 2.34. The molecular weight excluding hydrogens is 220 g/mol. The monoisotopic (exact) mass is 238 g/mol. The molecule has 0 amide bonds. The van der Waals surface area contributed by atoms with Crippen molar-refractivity contribution in [3.63, 3.8) is 0 Å². The molecule has 0 bridgehead atoms. The van der Waals surface area contributed by atoms with Gasteiger partial charge in [-0.3, -0.25) is 9.59 Å². The van der Waals surface area contributed by atoms with E-state index in [1.165, 1.54) is 7.11 Å². The molecule has 4 nitrogen and oxygen atoms in total. The van der Waals surface area contributed by atoms with Gasteiger partial charge in [-0.05, 0) is 11.8 Å². The number of methoxy groups -OCH3 is 1. The van der Waals surface area contributed by atoms with Crippen molar-refractivity contribution in [3.05, 3.63) is 12.2 Å². The number of hydrogen-bond donors (Lipinski definition) is 0. The van der Waals surface area contributed by atoms with Gasteiger partial charge in [0.25, 0.3) is 0 Å². The number of carbonyl (C=O) groups is 2. The van der Waals surface area contributed by atoms with Crippen molar-refractivity contribution >= 4 is 11.9 Å². The number of allylic oxidation sites excluding steroid dienone is 1. The molecule has 1 fully saturated rings. The Morgan fingerprint density at radius 3 is 2.76 bits per heavy atom. The summed E-state index contributed by atoms with van der Waals surface area (Å²) in [4.78, 5) is 23.6. The first-order valence-electron chi connectivity index (χ1n) is 5.99. The third-order valence-electron chi connectivity index (χ3n) is 3.78. The quantitative estimate of drug-likeness (QED) is 0.539. The van der Waals surface area contributed by atoms with E-state index in [0.29, 0.717) is 12.5 Å². The van der Waals surface area contributed by atoms with Crippen molar-refractivity contribution in [1.82, 2.24) is 0 Å². The van der Waals surface area contributed by atoms with E-state index >= 15 is 0 Å². The third kappa shape index (κ3) is 1.96. The van der Waals surface area contributed by atoms with Crippen LogP contribution in [0.2, 0.25) is 0 Å². The molecule has 4 heteroatoms. The Bertz CT molecular complexity index is 358. The number of cyclic esters (lactones) is 1. The van der Waals surface area contributed by atoms with Crippen LogP contribution in [0.25, 0.3) is 0 Å². The molecule has 1 heterocycles. The standard InChI is InChI=1S/C13H18O4/c1-7(2)9-5-4-8-6-17-13(15)10(8)11(9)12(14)16-3/h4-5,7-11H,6H2,1-3H3/t8-,9+,10-,11+/m1/s1. The summed E-state index contributed by atoms with van der Waals surface area (Å²) >= 11 is 0. The van der Waals surface area contributed by atoms with E-state index in [-0.39, 0.29) is 29.7 Å². The number of hydrogen-bond acceptors (Lipinski definition) is 4. The summed E-state index contributed by atoms with van der Waals surface area (Å²) in [6.07, 6.45) is 4.05. The molecule has 0 aromatic carbocycles. The summed E-state index contributed by atoms with van der Waals surface area (Å²) in [6, 6.07) is 0. The number of fused-ring (bicyclic) bond motifs is 1. The molecule has 0 unspecified atom stereocenters. The van der Waals surface area contributed by atoms with Gasteiger partial charge in [-0.2, -0.15) is 0 Å². The number of carbonyl (C=O) groups excluding carboxylic acids is 2. The van der Waals surface area contributed by atoms with E-state index in [0.717, 1.165) is 0 Å². The Kier molecular flexibility index (Phi) is 3.22. The lowest BCUT2D eigenvalue weighted by Gasteiger charge is -2.33. The SMILES string of the molecule is COC(=O)[C@@H]1[C@@H]2C(=O)OC[C@H]2C=C[C@H]1C(C)C. The van der Waals surface area contributed by atoms with Crippen molar-refractivity contribution in [2.75, 3.05) is 13.7 Å². The number of esters is 2. The third-order valence-corrected chi connectivity index (χ3v) is 3.78. The maximum absolute atomic E-state index is 11.9. The Morgan fingerprint density at radius 2 is 2.18 bits per heavy atom. The topological polar surface area (TPSA) is 52.6 Å². The zero-order chi connectivity index (χ0) is 12.6. The predicted molar refractivity (Wildman–Crippen MR) is 60.9 cm³/mol. The first-order chi connectivity index (χ1) is 8.06. The van der Waals surface area contributed by atoms with Crippen LogP contribution in [-0.4, -0.2) is 25.7 Å². The molecule has 1 aliphatic heterocycles. The molecule has 0 N–H and O–H groups in total. The average molecular weight is 238 g/mol. The second-order valence-corrected chi connectivity index (χ2v) is 5.07. The summed E-state index contributed by atoms with van der Waals surface area (Å²) < 4.78 is 9.90.